The third kappa shape index (κ3) is 1.74. The van der Waals surface area contributed by atoms with Crippen LogP contribution in [-0.2, 0) is 0 Å². The number of hydrogen-bond acceptors (Lipinski definition) is 4. The molecule has 0 radical (unpaired) electrons. The fourth-order valence-electron chi connectivity index (χ4n) is 2.64. The third-order valence-electron chi connectivity index (χ3n) is 3.71. The maximum Gasteiger partial charge on any atom is 0.266 e. The van der Waals surface area contributed by atoms with Gasteiger partial charge >= 0.3 is 0 Å². The Morgan fingerprint density at radius 1 is 1.09 bits per heavy atom. The van der Waals surface area contributed by atoms with E-state index in [1.807, 2.05) is 37.3 Å². The number of fused-ring (bicyclic) bond motifs is 3. The minimum absolute atomic E-state index is 0.116. The van der Waals surface area contributed by atoms with Crippen molar-refractivity contribution in [3.63, 3.8) is 0 Å². The molecule has 0 saturated heterocycles. The molecule has 22 heavy (non-hydrogen) atoms. The Balaban J connectivity index is 2.08. The molecule has 4 aromatic rings. The van der Waals surface area contributed by atoms with Gasteiger partial charge in [-0.2, -0.15) is 9.50 Å². The smallest absolute Gasteiger partial charge is 0.266 e. The molecular formula is C16H13N5O. The molecule has 0 aliphatic carbocycles. The molecule has 0 amide bonds. The summed E-state index contributed by atoms with van der Waals surface area (Å²) < 4.78 is 3.24. The lowest BCUT2D eigenvalue weighted by Gasteiger charge is -2.10. The van der Waals surface area contributed by atoms with E-state index in [0.29, 0.717) is 22.5 Å². The number of nitrogens with zero attached hydrogens (tertiary/aromatic N) is 5. The Morgan fingerprint density at radius 3 is 2.73 bits per heavy atom. The summed E-state index contributed by atoms with van der Waals surface area (Å²) in [7, 11) is 0. The zero-order valence-electron chi connectivity index (χ0n) is 12.2. The largest absolute Gasteiger partial charge is 0.283 e. The fraction of sp³-hybridized carbons (Fsp3) is 0.125. The monoisotopic (exact) mass is 291 g/mol. The van der Waals surface area contributed by atoms with E-state index >= 15 is 0 Å². The first-order chi connectivity index (χ1) is 10.6. The summed E-state index contributed by atoms with van der Waals surface area (Å²) in [5.74, 6) is 1.13. The zero-order chi connectivity index (χ0) is 15.3. The van der Waals surface area contributed by atoms with Gasteiger partial charge in [-0.15, -0.1) is 5.10 Å². The predicted molar refractivity (Wildman–Crippen MR) is 83.4 cm³/mol. The molecule has 6 heteroatoms. The first-order valence-electron chi connectivity index (χ1n) is 6.95. The van der Waals surface area contributed by atoms with Crippen LogP contribution in [0.15, 0.2) is 47.5 Å². The fourth-order valence-corrected chi connectivity index (χ4v) is 2.64. The highest BCUT2D eigenvalue weighted by Gasteiger charge is 2.11. The molecule has 0 N–H and O–H groups in total. The third-order valence-corrected chi connectivity index (χ3v) is 3.71. The number of hydrogen-bond donors (Lipinski definition) is 0. The van der Waals surface area contributed by atoms with E-state index in [0.717, 1.165) is 11.3 Å². The normalized spacial score (nSPS) is 11.4. The van der Waals surface area contributed by atoms with E-state index in [1.54, 1.807) is 28.4 Å². The van der Waals surface area contributed by atoms with Crippen LogP contribution in [0.25, 0.3) is 22.4 Å². The van der Waals surface area contributed by atoms with Crippen molar-refractivity contribution in [2.45, 2.75) is 13.8 Å². The van der Waals surface area contributed by atoms with Crippen molar-refractivity contribution in [1.82, 2.24) is 24.1 Å². The number of benzene rings is 1. The summed E-state index contributed by atoms with van der Waals surface area (Å²) in [5, 5.41) is 4.81. The second-order valence-corrected chi connectivity index (χ2v) is 5.21. The molecule has 3 aromatic heterocycles. The van der Waals surface area contributed by atoms with E-state index in [2.05, 4.69) is 15.1 Å². The van der Waals surface area contributed by atoms with Crippen molar-refractivity contribution in [3.05, 3.63) is 64.5 Å². The lowest BCUT2D eigenvalue weighted by molar-refractivity contribution is 0.937. The average Bonchev–Trinajstić information content (AvgIpc) is 2.89. The number of aromatic nitrogens is 5. The highest BCUT2D eigenvalue weighted by Crippen LogP contribution is 2.15. The molecule has 0 fully saturated rings. The molecule has 0 unspecified atom stereocenters. The lowest BCUT2D eigenvalue weighted by Crippen LogP contribution is -2.19. The van der Waals surface area contributed by atoms with E-state index < -0.39 is 0 Å². The Bertz CT molecular complexity index is 1080. The van der Waals surface area contributed by atoms with Crippen LogP contribution in [-0.4, -0.2) is 24.1 Å². The lowest BCUT2D eigenvalue weighted by atomic mass is 10.2. The highest BCUT2D eigenvalue weighted by molar-refractivity contribution is 5.79. The molecule has 0 spiro atoms. The minimum atomic E-state index is -0.116. The summed E-state index contributed by atoms with van der Waals surface area (Å²) >= 11 is 0. The van der Waals surface area contributed by atoms with E-state index in [4.69, 9.17) is 0 Å². The van der Waals surface area contributed by atoms with Crippen molar-refractivity contribution in [2.75, 3.05) is 0 Å². The molecule has 0 aliphatic rings. The number of para-hydroxylation sites is 1. The van der Waals surface area contributed by atoms with Gasteiger partial charge in [-0.1, -0.05) is 18.2 Å². The van der Waals surface area contributed by atoms with Crippen LogP contribution in [0.5, 0.6) is 0 Å². The molecule has 4 rings (SSSR count). The van der Waals surface area contributed by atoms with Gasteiger partial charge in [0.1, 0.15) is 5.82 Å². The Kier molecular flexibility index (Phi) is 2.59. The van der Waals surface area contributed by atoms with Gasteiger partial charge in [0.2, 0.25) is 0 Å². The summed E-state index contributed by atoms with van der Waals surface area (Å²) in [6.07, 6.45) is 3.33. The maximum atomic E-state index is 12.8. The van der Waals surface area contributed by atoms with Gasteiger partial charge in [-0.25, -0.2) is 4.98 Å². The van der Waals surface area contributed by atoms with Gasteiger partial charge in [-0.3, -0.25) is 9.36 Å². The molecule has 108 valence electrons. The zero-order valence-corrected chi connectivity index (χ0v) is 12.2. The molecule has 0 aliphatic heterocycles. The molecule has 0 saturated carbocycles. The van der Waals surface area contributed by atoms with Crippen LogP contribution in [0.2, 0.25) is 0 Å². The van der Waals surface area contributed by atoms with Crippen molar-refractivity contribution in [2.24, 2.45) is 0 Å². The molecule has 6 nitrogen and oxygen atoms in total. The first kappa shape index (κ1) is 12.7. The molecule has 0 bridgehead atoms. The minimum Gasteiger partial charge on any atom is -0.283 e. The summed E-state index contributed by atoms with van der Waals surface area (Å²) in [4.78, 5) is 21.2. The van der Waals surface area contributed by atoms with Gasteiger partial charge in [0, 0.05) is 12.4 Å². The standard InChI is InChI=1S/C16H13N5O/c1-10-5-3-4-6-13(10)20-8-7-14-12(15(20)22)9-17-16-18-11(2)19-21(14)16/h3-9H,1-2H3. The predicted octanol–water partition coefficient (Wildman–Crippen LogP) is 2.05. The van der Waals surface area contributed by atoms with Crippen molar-refractivity contribution in [3.8, 4) is 5.69 Å². The number of aryl methyl sites for hydroxylation is 2. The van der Waals surface area contributed by atoms with Crippen LogP contribution >= 0.6 is 0 Å². The Hall–Kier alpha value is -3.02. The highest BCUT2D eigenvalue weighted by atomic mass is 16.1. The second kappa shape index (κ2) is 4.49. The number of pyridine rings is 1. The van der Waals surface area contributed by atoms with E-state index in [9.17, 15) is 4.79 Å². The van der Waals surface area contributed by atoms with Crippen LogP contribution in [0.1, 0.15) is 11.4 Å². The molecule has 3 heterocycles. The van der Waals surface area contributed by atoms with Crippen LogP contribution < -0.4 is 5.56 Å². The quantitative estimate of drug-likeness (QED) is 0.538. The Labute approximate surface area is 125 Å². The van der Waals surface area contributed by atoms with Gasteiger partial charge in [0.25, 0.3) is 11.3 Å². The second-order valence-electron chi connectivity index (χ2n) is 5.21. The van der Waals surface area contributed by atoms with Gasteiger partial charge < -0.3 is 0 Å². The average molecular weight is 291 g/mol. The van der Waals surface area contributed by atoms with E-state index in [1.165, 1.54) is 0 Å². The summed E-state index contributed by atoms with van der Waals surface area (Å²) in [6, 6.07) is 9.64. The van der Waals surface area contributed by atoms with Crippen LogP contribution in [0, 0.1) is 13.8 Å². The van der Waals surface area contributed by atoms with Gasteiger partial charge in [-0.05, 0) is 31.5 Å². The van der Waals surface area contributed by atoms with Crippen molar-refractivity contribution < 1.29 is 0 Å². The summed E-state index contributed by atoms with van der Waals surface area (Å²) in [5.41, 5.74) is 2.49. The van der Waals surface area contributed by atoms with Crippen LogP contribution in [0.4, 0.5) is 0 Å². The SMILES string of the molecule is Cc1nc2ncc3c(=O)n(-c4ccccc4C)ccc3n2n1. The van der Waals surface area contributed by atoms with Gasteiger partial charge in [0.15, 0.2) is 0 Å². The molecule has 0 atom stereocenters. The van der Waals surface area contributed by atoms with E-state index in [-0.39, 0.29) is 5.56 Å². The first-order valence-corrected chi connectivity index (χ1v) is 6.95. The van der Waals surface area contributed by atoms with Crippen molar-refractivity contribution >= 4 is 16.7 Å². The van der Waals surface area contributed by atoms with Gasteiger partial charge in [0.05, 0.1) is 16.6 Å². The maximum absolute atomic E-state index is 12.8. The summed E-state index contributed by atoms with van der Waals surface area (Å²) in [6.45, 7) is 3.78. The number of rotatable bonds is 1. The van der Waals surface area contributed by atoms with Crippen LogP contribution in [0.3, 0.4) is 0 Å². The topological polar surface area (TPSA) is 65.1 Å². The Morgan fingerprint density at radius 2 is 1.91 bits per heavy atom. The van der Waals surface area contributed by atoms with Crippen molar-refractivity contribution in [1.29, 1.82) is 0 Å². The molecule has 1 aromatic carbocycles. The molecular weight excluding hydrogens is 278 g/mol.